The molecule has 1 amide bonds. The van der Waals surface area contributed by atoms with Crippen LogP contribution in [0.1, 0.15) is 17.5 Å². The van der Waals surface area contributed by atoms with Gasteiger partial charge in [-0.3, -0.25) is 4.79 Å². The number of hydrogen-bond acceptors (Lipinski definition) is 3. The predicted molar refractivity (Wildman–Crippen MR) is 102 cm³/mol. The maximum absolute atomic E-state index is 12.5. The van der Waals surface area contributed by atoms with E-state index in [0.29, 0.717) is 6.42 Å². The van der Waals surface area contributed by atoms with Gasteiger partial charge >= 0.3 is 0 Å². The van der Waals surface area contributed by atoms with Crippen LogP contribution in [0.5, 0.6) is 0 Å². The summed E-state index contributed by atoms with van der Waals surface area (Å²) in [7, 11) is 2.08. The van der Waals surface area contributed by atoms with Gasteiger partial charge in [0.2, 0.25) is 5.91 Å². The number of benzene rings is 2. The van der Waals surface area contributed by atoms with Crippen molar-refractivity contribution in [1.29, 1.82) is 0 Å². The Morgan fingerprint density at radius 1 is 1.17 bits per heavy atom. The van der Waals surface area contributed by atoms with Crippen LogP contribution in [0.15, 0.2) is 53.4 Å². The Hall–Kier alpha value is -1.78. The molecular formula is C20H24N2OS. The van der Waals surface area contributed by atoms with Gasteiger partial charge in [-0.25, -0.2) is 0 Å². The largest absolute Gasteiger partial charge is 0.312 e. The molecule has 0 aliphatic carbocycles. The highest BCUT2D eigenvalue weighted by molar-refractivity contribution is 7.98. The van der Waals surface area contributed by atoms with Crippen molar-refractivity contribution in [2.45, 2.75) is 24.3 Å². The molecular weight excluding hydrogens is 316 g/mol. The molecule has 0 aromatic heterocycles. The minimum Gasteiger partial charge on any atom is -0.312 e. The van der Waals surface area contributed by atoms with Crippen molar-refractivity contribution in [2.75, 3.05) is 31.3 Å². The van der Waals surface area contributed by atoms with Crippen LogP contribution in [-0.4, -0.2) is 37.2 Å². The fourth-order valence-corrected chi connectivity index (χ4v) is 3.55. The topological polar surface area (TPSA) is 23.6 Å². The molecule has 3 nitrogen and oxygen atoms in total. The van der Waals surface area contributed by atoms with Crippen molar-refractivity contribution in [2.24, 2.45) is 0 Å². The van der Waals surface area contributed by atoms with Crippen LogP contribution in [0, 0.1) is 0 Å². The second-order valence-electron chi connectivity index (χ2n) is 6.26. The fourth-order valence-electron chi connectivity index (χ4n) is 3.14. The first-order chi connectivity index (χ1) is 11.7. The quantitative estimate of drug-likeness (QED) is 0.747. The van der Waals surface area contributed by atoms with Crippen molar-refractivity contribution < 1.29 is 4.79 Å². The minimum absolute atomic E-state index is 0.226. The van der Waals surface area contributed by atoms with Gasteiger partial charge in [0.15, 0.2) is 0 Å². The van der Waals surface area contributed by atoms with Gasteiger partial charge < -0.3 is 9.80 Å². The van der Waals surface area contributed by atoms with E-state index in [2.05, 4.69) is 54.6 Å². The number of carbonyl (C=O) groups is 1. The van der Waals surface area contributed by atoms with Crippen LogP contribution in [-0.2, 0) is 17.8 Å². The summed E-state index contributed by atoms with van der Waals surface area (Å²) in [6.07, 6.45) is 3.62. The summed E-state index contributed by atoms with van der Waals surface area (Å²) in [5.41, 5.74) is 3.67. The molecule has 2 aromatic rings. The molecule has 0 saturated carbocycles. The summed E-state index contributed by atoms with van der Waals surface area (Å²) in [5.74, 6) is 0.226. The zero-order valence-electron chi connectivity index (χ0n) is 14.4. The first kappa shape index (κ1) is 17.1. The van der Waals surface area contributed by atoms with Crippen LogP contribution in [0.4, 0.5) is 5.69 Å². The Balaban J connectivity index is 1.51. The van der Waals surface area contributed by atoms with Crippen molar-refractivity contribution in [3.05, 3.63) is 59.7 Å². The summed E-state index contributed by atoms with van der Waals surface area (Å²) in [5, 5.41) is 0. The standard InChI is InChI=1S/C20H24N2OS/c1-21(15-16-7-9-18(24-2)10-8-16)13-12-20(23)22-14-11-17-5-3-4-6-19(17)22/h3-10H,11-15H2,1-2H3. The van der Waals surface area contributed by atoms with Crippen LogP contribution >= 0.6 is 11.8 Å². The molecule has 0 bridgehead atoms. The lowest BCUT2D eigenvalue weighted by Gasteiger charge is -2.20. The Labute approximate surface area is 148 Å². The molecule has 3 rings (SSSR count). The fraction of sp³-hybridized carbons (Fsp3) is 0.350. The number of thioether (sulfide) groups is 1. The Morgan fingerprint density at radius 2 is 1.92 bits per heavy atom. The van der Waals surface area contributed by atoms with Crippen LogP contribution in [0.3, 0.4) is 0 Å². The first-order valence-corrected chi connectivity index (χ1v) is 9.59. The van der Waals surface area contributed by atoms with E-state index < -0.39 is 0 Å². The molecule has 4 heteroatoms. The normalized spacial score (nSPS) is 13.4. The summed E-state index contributed by atoms with van der Waals surface area (Å²) >= 11 is 1.76. The summed E-state index contributed by atoms with van der Waals surface area (Å²) in [4.78, 5) is 18.0. The van der Waals surface area contributed by atoms with Gasteiger partial charge in [-0.2, -0.15) is 0 Å². The molecule has 0 N–H and O–H groups in total. The van der Waals surface area contributed by atoms with Crippen molar-refractivity contribution >= 4 is 23.4 Å². The molecule has 126 valence electrons. The lowest BCUT2D eigenvalue weighted by atomic mass is 10.2. The van der Waals surface area contributed by atoms with Crippen LogP contribution in [0.2, 0.25) is 0 Å². The van der Waals surface area contributed by atoms with E-state index in [9.17, 15) is 4.79 Å². The average molecular weight is 340 g/mol. The smallest absolute Gasteiger partial charge is 0.228 e. The molecule has 1 aliphatic rings. The third kappa shape index (κ3) is 4.00. The number of anilines is 1. The third-order valence-corrected chi connectivity index (χ3v) is 5.25. The van der Waals surface area contributed by atoms with Gasteiger partial charge in [0.1, 0.15) is 0 Å². The molecule has 0 fully saturated rings. The van der Waals surface area contributed by atoms with Crippen LogP contribution in [0.25, 0.3) is 0 Å². The zero-order chi connectivity index (χ0) is 16.9. The average Bonchev–Trinajstić information content (AvgIpc) is 3.04. The Kier molecular flexibility index (Phi) is 5.59. The number of nitrogens with zero attached hydrogens (tertiary/aromatic N) is 2. The van der Waals surface area contributed by atoms with Crippen molar-refractivity contribution in [3.63, 3.8) is 0 Å². The van der Waals surface area contributed by atoms with Crippen molar-refractivity contribution in [1.82, 2.24) is 4.90 Å². The predicted octanol–water partition coefficient (Wildman–Crippen LogP) is 3.82. The first-order valence-electron chi connectivity index (χ1n) is 8.37. The molecule has 0 saturated heterocycles. The second kappa shape index (κ2) is 7.86. The zero-order valence-corrected chi connectivity index (χ0v) is 15.2. The molecule has 0 unspecified atom stereocenters. The number of fused-ring (bicyclic) bond motifs is 1. The summed E-state index contributed by atoms with van der Waals surface area (Å²) < 4.78 is 0. The van der Waals surface area contributed by atoms with E-state index in [0.717, 1.165) is 31.7 Å². The molecule has 0 radical (unpaired) electrons. The second-order valence-corrected chi connectivity index (χ2v) is 7.14. The maximum Gasteiger partial charge on any atom is 0.228 e. The van der Waals surface area contributed by atoms with E-state index >= 15 is 0 Å². The van der Waals surface area contributed by atoms with Gasteiger partial charge in [-0.15, -0.1) is 11.8 Å². The van der Waals surface area contributed by atoms with Crippen LogP contribution < -0.4 is 4.90 Å². The Bertz CT molecular complexity index is 699. The Morgan fingerprint density at radius 3 is 2.67 bits per heavy atom. The molecule has 0 spiro atoms. The van der Waals surface area contributed by atoms with E-state index in [1.165, 1.54) is 16.0 Å². The van der Waals surface area contributed by atoms with E-state index in [4.69, 9.17) is 0 Å². The molecule has 0 atom stereocenters. The number of amides is 1. The molecule has 1 heterocycles. The number of hydrogen-bond donors (Lipinski definition) is 0. The maximum atomic E-state index is 12.5. The number of para-hydroxylation sites is 1. The molecule has 24 heavy (non-hydrogen) atoms. The van der Waals surface area contributed by atoms with Gasteiger partial charge in [-0.1, -0.05) is 30.3 Å². The molecule has 2 aromatic carbocycles. The molecule has 1 aliphatic heterocycles. The summed E-state index contributed by atoms with van der Waals surface area (Å²) in [6.45, 7) is 2.47. The minimum atomic E-state index is 0.226. The van der Waals surface area contributed by atoms with E-state index in [1.807, 2.05) is 17.0 Å². The summed E-state index contributed by atoms with van der Waals surface area (Å²) in [6, 6.07) is 16.9. The third-order valence-electron chi connectivity index (χ3n) is 4.51. The highest BCUT2D eigenvalue weighted by Gasteiger charge is 2.23. The highest BCUT2D eigenvalue weighted by atomic mass is 32.2. The van der Waals surface area contributed by atoms with Gasteiger partial charge in [0.05, 0.1) is 0 Å². The van der Waals surface area contributed by atoms with Gasteiger partial charge in [0, 0.05) is 36.6 Å². The van der Waals surface area contributed by atoms with E-state index in [1.54, 1.807) is 11.8 Å². The van der Waals surface area contributed by atoms with E-state index in [-0.39, 0.29) is 5.91 Å². The lowest BCUT2D eigenvalue weighted by Crippen LogP contribution is -2.32. The monoisotopic (exact) mass is 340 g/mol. The van der Waals surface area contributed by atoms with Crippen molar-refractivity contribution in [3.8, 4) is 0 Å². The number of rotatable bonds is 6. The van der Waals surface area contributed by atoms with Gasteiger partial charge in [-0.05, 0) is 49.1 Å². The highest BCUT2D eigenvalue weighted by Crippen LogP contribution is 2.27. The number of carbonyl (C=O) groups excluding carboxylic acids is 1. The SMILES string of the molecule is CSc1ccc(CN(C)CCC(=O)N2CCc3ccccc32)cc1. The lowest BCUT2D eigenvalue weighted by molar-refractivity contribution is -0.118. The van der Waals surface area contributed by atoms with Gasteiger partial charge in [0.25, 0.3) is 0 Å².